The van der Waals surface area contributed by atoms with Gasteiger partial charge in [0.1, 0.15) is 5.75 Å². The van der Waals surface area contributed by atoms with Crippen molar-refractivity contribution in [3.8, 4) is 16.9 Å². The third-order valence-corrected chi connectivity index (χ3v) is 2.66. The first-order valence-electron chi connectivity index (χ1n) is 5.07. The molecular weight excluding hydrogens is 265 g/mol. The van der Waals surface area contributed by atoms with Crippen LogP contribution in [0.4, 0.5) is 13.2 Å². The number of hydrogen-bond acceptors (Lipinski definition) is 1. The van der Waals surface area contributed by atoms with Gasteiger partial charge >= 0.3 is 6.36 Å². The fourth-order valence-electron chi connectivity index (χ4n) is 1.55. The Morgan fingerprint density at radius 3 is 2.17 bits per heavy atom. The van der Waals surface area contributed by atoms with E-state index < -0.39 is 12.1 Å². The molecule has 5 heteroatoms. The molecule has 18 heavy (non-hydrogen) atoms. The minimum absolute atomic E-state index is 0.0546. The van der Waals surface area contributed by atoms with E-state index in [2.05, 4.69) is 4.74 Å². The zero-order valence-electron chi connectivity index (χ0n) is 9.04. The van der Waals surface area contributed by atoms with Crippen LogP contribution >= 0.6 is 11.6 Å². The van der Waals surface area contributed by atoms with Crippen molar-refractivity contribution in [3.05, 3.63) is 53.6 Å². The number of benzene rings is 2. The summed E-state index contributed by atoms with van der Waals surface area (Å²) in [5.74, 6) is -0.398. The van der Waals surface area contributed by atoms with Gasteiger partial charge in [-0.3, -0.25) is 0 Å². The molecule has 2 aromatic rings. The van der Waals surface area contributed by atoms with Crippen LogP contribution in [-0.4, -0.2) is 6.36 Å². The van der Waals surface area contributed by atoms with Crippen LogP contribution < -0.4 is 4.74 Å². The lowest BCUT2D eigenvalue weighted by molar-refractivity contribution is -0.274. The van der Waals surface area contributed by atoms with Crippen LogP contribution in [0, 0.1) is 0 Å². The van der Waals surface area contributed by atoms with Crippen LogP contribution in [0.3, 0.4) is 0 Å². The zero-order chi connectivity index (χ0) is 13.2. The number of rotatable bonds is 2. The second-order valence-electron chi connectivity index (χ2n) is 3.53. The lowest BCUT2D eigenvalue weighted by atomic mass is 10.1. The van der Waals surface area contributed by atoms with Crippen molar-refractivity contribution >= 4 is 11.6 Å². The Morgan fingerprint density at radius 2 is 1.56 bits per heavy atom. The first-order chi connectivity index (χ1) is 8.47. The molecule has 0 aliphatic rings. The molecule has 0 aromatic heterocycles. The van der Waals surface area contributed by atoms with Gasteiger partial charge in [-0.05, 0) is 11.6 Å². The van der Waals surface area contributed by atoms with Gasteiger partial charge in [0.2, 0.25) is 0 Å². The van der Waals surface area contributed by atoms with Crippen LogP contribution in [0.15, 0.2) is 48.5 Å². The normalized spacial score (nSPS) is 11.3. The molecule has 0 heterocycles. The van der Waals surface area contributed by atoms with Gasteiger partial charge in [0.05, 0.1) is 5.02 Å². The minimum Gasteiger partial charge on any atom is -0.404 e. The Balaban J connectivity index is 2.43. The molecule has 0 fully saturated rings. The fourth-order valence-corrected chi connectivity index (χ4v) is 1.83. The number of alkyl halides is 3. The molecule has 2 rings (SSSR count). The predicted octanol–water partition coefficient (Wildman–Crippen LogP) is 4.91. The maximum atomic E-state index is 12.2. The number of halogens is 4. The molecular formula is C13H8ClF3O. The Labute approximate surface area is 107 Å². The van der Waals surface area contributed by atoms with Crippen molar-refractivity contribution in [2.24, 2.45) is 0 Å². The third-order valence-electron chi connectivity index (χ3n) is 2.27. The molecule has 0 aliphatic heterocycles. The lowest BCUT2D eigenvalue weighted by Gasteiger charge is -2.12. The van der Waals surface area contributed by atoms with Crippen molar-refractivity contribution in [3.63, 3.8) is 0 Å². The molecule has 1 nitrogen and oxygen atoms in total. The molecule has 0 radical (unpaired) electrons. The average Bonchev–Trinajstić information content (AvgIpc) is 2.31. The van der Waals surface area contributed by atoms with E-state index in [1.165, 1.54) is 12.1 Å². The smallest absolute Gasteiger partial charge is 0.404 e. The van der Waals surface area contributed by atoms with Crippen LogP contribution in [0.1, 0.15) is 0 Å². The van der Waals surface area contributed by atoms with E-state index in [1.54, 1.807) is 30.3 Å². The highest BCUT2D eigenvalue weighted by Crippen LogP contribution is 2.37. The first kappa shape index (κ1) is 12.8. The highest BCUT2D eigenvalue weighted by atomic mass is 35.5. The van der Waals surface area contributed by atoms with Crippen molar-refractivity contribution < 1.29 is 17.9 Å². The van der Waals surface area contributed by atoms with Gasteiger partial charge in [-0.2, -0.15) is 0 Å². The maximum Gasteiger partial charge on any atom is 0.573 e. The van der Waals surface area contributed by atoms with Gasteiger partial charge in [-0.25, -0.2) is 0 Å². The van der Waals surface area contributed by atoms with Crippen molar-refractivity contribution in [1.82, 2.24) is 0 Å². The molecule has 0 atom stereocenters. The van der Waals surface area contributed by atoms with Gasteiger partial charge in [0.25, 0.3) is 0 Å². The summed E-state index contributed by atoms with van der Waals surface area (Å²) >= 11 is 5.92. The van der Waals surface area contributed by atoms with Crippen LogP contribution in [-0.2, 0) is 0 Å². The summed E-state index contributed by atoms with van der Waals surface area (Å²) in [4.78, 5) is 0. The molecule has 0 spiro atoms. The van der Waals surface area contributed by atoms with E-state index in [9.17, 15) is 13.2 Å². The van der Waals surface area contributed by atoms with Gasteiger partial charge in [0, 0.05) is 5.56 Å². The van der Waals surface area contributed by atoms with Crippen molar-refractivity contribution in [2.75, 3.05) is 0 Å². The Kier molecular flexibility index (Phi) is 3.48. The summed E-state index contributed by atoms with van der Waals surface area (Å²) < 4.78 is 40.4. The van der Waals surface area contributed by atoms with Crippen molar-refractivity contribution in [2.45, 2.75) is 6.36 Å². The topological polar surface area (TPSA) is 9.23 Å². The lowest BCUT2D eigenvalue weighted by Crippen LogP contribution is -2.17. The number of hydrogen-bond donors (Lipinski definition) is 0. The van der Waals surface area contributed by atoms with Crippen molar-refractivity contribution in [1.29, 1.82) is 0 Å². The standard InChI is InChI=1S/C13H8ClF3O/c14-12-10(9-5-2-1-3-6-9)7-4-8-11(12)18-13(15,16)17/h1-8H. The minimum atomic E-state index is -4.75. The van der Waals surface area contributed by atoms with E-state index in [0.29, 0.717) is 5.56 Å². The highest BCUT2D eigenvalue weighted by molar-refractivity contribution is 6.34. The Hall–Kier alpha value is -1.68. The molecule has 94 valence electrons. The van der Waals surface area contributed by atoms with Crippen LogP contribution in [0.25, 0.3) is 11.1 Å². The van der Waals surface area contributed by atoms with Gasteiger partial charge in [-0.15, -0.1) is 13.2 Å². The van der Waals surface area contributed by atoms with Crippen LogP contribution in [0.2, 0.25) is 5.02 Å². The summed E-state index contributed by atoms with van der Waals surface area (Å²) in [7, 11) is 0. The fraction of sp³-hybridized carbons (Fsp3) is 0.0769. The largest absolute Gasteiger partial charge is 0.573 e. The second-order valence-corrected chi connectivity index (χ2v) is 3.91. The quantitative estimate of drug-likeness (QED) is 0.755. The summed E-state index contributed by atoms with van der Waals surface area (Å²) in [6, 6.07) is 13.2. The monoisotopic (exact) mass is 272 g/mol. The zero-order valence-corrected chi connectivity index (χ0v) is 9.79. The van der Waals surface area contributed by atoms with E-state index in [4.69, 9.17) is 11.6 Å². The molecule has 0 N–H and O–H groups in total. The molecule has 0 saturated carbocycles. The Bertz CT molecular complexity index is 538. The number of ether oxygens (including phenoxy) is 1. The summed E-state index contributed by atoms with van der Waals surface area (Å²) in [5, 5.41) is -0.0546. The summed E-state index contributed by atoms with van der Waals surface area (Å²) in [6.45, 7) is 0. The molecule has 0 aliphatic carbocycles. The molecule has 0 unspecified atom stereocenters. The van der Waals surface area contributed by atoms with E-state index in [0.717, 1.165) is 5.56 Å². The summed E-state index contributed by atoms with van der Waals surface area (Å²) in [6.07, 6.45) is -4.75. The predicted molar refractivity (Wildman–Crippen MR) is 63.6 cm³/mol. The second kappa shape index (κ2) is 4.90. The molecule has 0 amide bonds. The Morgan fingerprint density at radius 1 is 0.889 bits per heavy atom. The van der Waals surface area contributed by atoms with Crippen LogP contribution in [0.5, 0.6) is 5.75 Å². The summed E-state index contributed by atoms with van der Waals surface area (Å²) in [5.41, 5.74) is 1.23. The van der Waals surface area contributed by atoms with E-state index >= 15 is 0 Å². The van der Waals surface area contributed by atoms with E-state index in [-0.39, 0.29) is 5.02 Å². The van der Waals surface area contributed by atoms with Gasteiger partial charge in [0.15, 0.2) is 0 Å². The highest BCUT2D eigenvalue weighted by Gasteiger charge is 2.32. The molecule has 0 bridgehead atoms. The maximum absolute atomic E-state index is 12.2. The first-order valence-corrected chi connectivity index (χ1v) is 5.45. The molecule has 0 saturated heterocycles. The average molecular weight is 273 g/mol. The molecule has 2 aromatic carbocycles. The third kappa shape index (κ3) is 2.96. The van der Waals surface area contributed by atoms with E-state index in [1.807, 2.05) is 6.07 Å². The van der Waals surface area contributed by atoms with Gasteiger partial charge < -0.3 is 4.74 Å². The van der Waals surface area contributed by atoms with Gasteiger partial charge in [-0.1, -0.05) is 54.1 Å². The SMILES string of the molecule is FC(F)(F)Oc1cccc(-c2ccccc2)c1Cl.